The SMILES string of the molecule is Cc1ccc2c3ccccc3c3c4cccc(-c5cccc6c5C(C)(C)c5ccccc5-6)c4n(-c4nc(-c5ccccc5)nc(-c5ccccc5)n4)c3c2c1. The molecule has 0 unspecified atom stereocenters. The predicted octanol–water partition coefficient (Wildman–Crippen LogP) is 12.9. The summed E-state index contributed by atoms with van der Waals surface area (Å²) >= 11 is 0. The molecular formula is C51H36N4. The Kier molecular flexibility index (Phi) is 6.78. The molecule has 55 heavy (non-hydrogen) atoms. The van der Waals surface area contributed by atoms with Gasteiger partial charge in [0, 0.05) is 38.3 Å². The van der Waals surface area contributed by atoms with Crippen LogP contribution in [0.15, 0.2) is 164 Å². The predicted molar refractivity (Wildman–Crippen MR) is 228 cm³/mol. The standard InChI is InChI=1S/C51H36N4/c1-31-28-29-35-34-20-10-11-22-37(34)44-41-26-15-25-40(39-24-14-23-38-36-21-12-13-27-43(36)51(2,3)45(38)39)46(41)55(47(44)42(35)30-31)50-53-48(32-16-6-4-7-17-32)52-49(54-50)33-18-8-5-9-19-33/h4-30H,1-3H3. The molecule has 2 aromatic heterocycles. The molecule has 0 radical (unpaired) electrons. The number of hydrogen-bond donors (Lipinski definition) is 0. The Morgan fingerprint density at radius 2 is 0.982 bits per heavy atom. The van der Waals surface area contributed by atoms with Crippen molar-refractivity contribution >= 4 is 43.4 Å². The van der Waals surface area contributed by atoms with Gasteiger partial charge in [-0.1, -0.05) is 177 Å². The summed E-state index contributed by atoms with van der Waals surface area (Å²) in [6.45, 7) is 6.91. The fraction of sp³-hybridized carbons (Fsp3) is 0.0784. The molecule has 0 bridgehead atoms. The Morgan fingerprint density at radius 1 is 0.436 bits per heavy atom. The van der Waals surface area contributed by atoms with Gasteiger partial charge in [0.2, 0.25) is 5.95 Å². The van der Waals surface area contributed by atoms with Crippen molar-refractivity contribution in [2.75, 3.05) is 0 Å². The molecule has 4 nitrogen and oxygen atoms in total. The summed E-state index contributed by atoms with van der Waals surface area (Å²) in [5.41, 5.74) is 12.7. The minimum absolute atomic E-state index is 0.202. The van der Waals surface area contributed by atoms with Gasteiger partial charge in [-0.3, -0.25) is 4.57 Å². The molecule has 4 heteroatoms. The smallest absolute Gasteiger partial charge is 0.238 e. The lowest BCUT2D eigenvalue weighted by Gasteiger charge is -2.25. The Hall–Kier alpha value is -6.91. The molecule has 0 N–H and O–H groups in total. The lowest BCUT2D eigenvalue weighted by Crippen LogP contribution is -2.16. The second kappa shape index (κ2) is 11.8. The minimum Gasteiger partial charge on any atom is -0.277 e. The zero-order valence-electron chi connectivity index (χ0n) is 30.9. The van der Waals surface area contributed by atoms with Crippen molar-refractivity contribution < 1.29 is 0 Å². The van der Waals surface area contributed by atoms with E-state index in [-0.39, 0.29) is 5.41 Å². The monoisotopic (exact) mass is 704 g/mol. The van der Waals surface area contributed by atoms with E-state index in [1.54, 1.807) is 0 Å². The van der Waals surface area contributed by atoms with Crippen LogP contribution in [-0.2, 0) is 5.41 Å². The van der Waals surface area contributed by atoms with Crippen LogP contribution in [0.5, 0.6) is 0 Å². The molecule has 2 heterocycles. The summed E-state index contributed by atoms with van der Waals surface area (Å²) < 4.78 is 2.35. The van der Waals surface area contributed by atoms with Gasteiger partial charge >= 0.3 is 0 Å². The first kappa shape index (κ1) is 31.6. The number of rotatable bonds is 4. The maximum Gasteiger partial charge on any atom is 0.238 e. The minimum atomic E-state index is -0.202. The average Bonchev–Trinajstić information content (AvgIpc) is 3.71. The molecule has 0 saturated carbocycles. The first-order chi connectivity index (χ1) is 27.0. The van der Waals surface area contributed by atoms with Crippen LogP contribution in [0.3, 0.4) is 0 Å². The Labute approximate surface area is 319 Å². The second-order valence-corrected chi connectivity index (χ2v) is 15.3. The van der Waals surface area contributed by atoms with E-state index >= 15 is 0 Å². The van der Waals surface area contributed by atoms with Crippen molar-refractivity contribution in [3.05, 3.63) is 180 Å². The van der Waals surface area contributed by atoms with Crippen molar-refractivity contribution in [1.82, 2.24) is 19.5 Å². The molecule has 11 rings (SSSR count). The number of fused-ring (bicyclic) bond motifs is 11. The van der Waals surface area contributed by atoms with E-state index in [4.69, 9.17) is 15.0 Å². The molecule has 1 aliphatic rings. The Bertz CT molecular complexity index is 3120. The third kappa shape index (κ3) is 4.61. The fourth-order valence-corrected chi connectivity index (χ4v) is 9.28. The van der Waals surface area contributed by atoms with E-state index in [9.17, 15) is 0 Å². The van der Waals surface area contributed by atoms with Gasteiger partial charge in [0.1, 0.15) is 0 Å². The van der Waals surface area contributed by atoms with Gasteiger partial charge in [-0.05, 0) is 57.0 Å². The van der Waals surface area contributed by atoms with E-state index in [1.807, 2.05) is 36.4 Å². The molecule has 8 aromatic carbocycles. The maximum absolute atomic E-state index is 5.39. The van der Waals surface area contributed by atoms with Crippen LogP contribution < -0.4 is 0 Å². The fourth-order valence-electron chi connectivity index (χ4n) is 9.28. The number of aromatic nitrogens is 4. The molecule has 0 spiro atoms. The average molecular weight is 705 g/mol. The van der Waals surface area contributed by atoms with E-state index in [1.165, 1.54) is 65.7 Å². The lowest BCUT2D eigenvalue weighted by molar-refractivity contribution is 0.662. The molecular weight excluding hydrogens is 669 g/mol. The number of para-hydroxylation sites is 1. The summed E-state index contributed by atoms with van der Waals surface area (Å²) in [6.07, 6.45) is 0. The van der Waals surface area contributed by atoms with Crippen LogP contribution >= 0.6 is 0 Å². The number of hydrogen-bond acceptors (Lipinski definition) is 3. The van der Waals surface area contributed by atoms with Crippen molar-refractivity contribution in [2.24, 2.45) is 0 Å². The highest BCUT2D eigenvalue weighted by Gasteiger charge is 2.38. The lowest BCUT2D eigenvalue weighted by atomic mass is 9.78. The van der Waals surface area contributed by atoms with E-state index in [0.717, 1.165) is 27.7 Å². The molecule has 0 fully saturated rings. The van der Waals surface area contributed by atoms with Gasteiger partial charge in [-0.2, -0.15) is 9.97 Å². The van der Waals surface area contributed by atoms with E-state index < -0.39 is 0 Å². The first-order valence-electron chi connectivity index (χ1n) is 19.0. The third-order valence-electron chi connectivity index (χ3n) is 11.7. The van der Waals surface area contributed by atoms with Crippen LogP contribution in [0.1, 0.15) is 30.5 Å². The summed E-state index contributed by atoms with van der Waals surface area (Å²) in [7, 11) is 0. The number of benzene rings is 8. The zero-order chi connectivity index (χ0) is 36.8. The van der Waals surface area contributed by atoms with Gasteiger partial charge in [-0.25, -0.2) is 4.98 Å². The largest absolute Gasteiger partial charge is 0.277 e. The molecule has 260 valence electrons. The summed E-state index contributed by atoms with van der Waals surface area (Å²) in [5, 5.41) is 7.19. The van der Waals surface area contributed by atoms with Crippen LogP contribution in [0, 0.1) is 6.92 Å². The van der Waals surface area contributed by atoms with Gasteiger partial charge in [0.15, 0.2) is 11.6 Å². The van der Waals surface area contributed by atoms with E-state index in [0.29, 0.717) is 17.6 Å². The van der Waals surface area contributed by atoms with Crippen LogP contribution in [0.4, 0.5) is 0 Å². The molecule has 1 aliphatic carbocycles. The molecule has 0 atom stereocenters. The topological polar surface area (TPSA) is 43.6 Å². The van der Waals surface area contributed by atoms with Gasteiger partial charge < -0.3 is 0 Å². The first-order valence-corrected chi connectivity index (χ1v) is 19.0. The Morgan fingerprint density at radius 3 is 1.71 bits per heavy atom. The van der Waals surface area contributed by atoms with E-state index in [2.05, 4.69) is 153 Å². The highest BCUT2D eigenvalue weighted by Crippen LogP contribution is 2.53. The van der Waals surface area contributed by atoms with Crippen LogP contribution in [-0.4, -0.2) is 19.5 Å². The van der Waals surface area contributed by atoms with Crippen molar-refractivity contribution in [3.63, 3.8) is 0 Å². The number of aryl methyl sites for hydroxylation is 1. The van der Waals surface area contributed by atoms with Gasteiger partial charge in [0.05, 0.1) is 11.0 Å². The third-order valence-corrected chi connectivity index (χ3v) is 11.7. The highest BCUT2D eigenvalue weighted by molar-refractivity contribution is 6.33. The molecule has 0 saturated heterocycles. The quantitative estimate of drug-likeness (QED) is 0.171. The molecule has 10 aromatic rings. The molecule has 0 amide bonds. The van der Waals surface area contributed by atoms with Crippen LogP contribution in [0.25, 0.3) is 94.3 Å². The van der Waals surface area contributed by atoms with Crippen molar-refractivity contribution in [2.45, 2.75) is 26.2 Å². The normalized spacial score (nSPS) is 13.1. The molecule has 0 aliphatic heterocycles. The Balaban J connectivity index is 1.35. The highest BCUT2D eigenvalue weighted by atomic mass is 15.2. The summed E-state index contributed by atoms with van der Waals surface area (Å²) in [4.78, 5) is 15.9. The summed E-state index contributed by atoms with van der Waals surface area (Å²) in [6, 6.07) is 58.7. The van der Waals surface area contributed by atoms with Crippen LogP contribution in [0.2, 0.25) is 0 Å². The second-order valence-electron chi connectivity index (χ2n) is 15.3. The van der Waals surface area contributed by atoms with Crippen molar-refractivity contribution in [1.29, 1.82) is 0 Å². The summed E-state index contributed by atoms with van der Waals surface area (Å²) in [5.74, 6) is 1.86. The van der Waals surface area contributed by atoms with Crippen molar-refractivity contribution in [3.8, 4) is 51.0 Å². The van der Waals surface area contributed by atoms with Gasteiger partial charge in [-0.15, -0.1) is 0 Å². The maximum atomic E-state index is 5.39. The number of nitrogens with zero attached hydrogens (tertiary/aromatic N) is 4. The zero-order valence-corrected chi connectivity index (χ0v) is 30.9. The van der Waals surface area contributed by atoms with Gasteiger partial charge in [0.25, 0.3) is 0 Å².